The van der Waals surface area contributed by atoms with Crippen molar-refractivity contribution < 1.29 is 9.53 Å². The summed E-state index contributed by atoms with van der Waals surface area (Å²) in [6, 6.07) is 17.8. The van der Waals surface area contributed by atoms with E-state index in [-0.39, 0.29) is 5.91 Å². The van der Waals surface area contributed by atoms with E-state index >= 15 is 0 Å². The van der Waals surface area contributed by atoms with E-state index in [0.717, 1.165) is 16.9 Å². The van der Waals surface area contributed by atoms with Crippen molar-refractivity contribution in [1.29, 1.82) is 0 Å². The van der Waals surface area contributed by atoms with Gasteiger partial charge >= 0.3 is 0 Å². The molecule has 2 aromatic carbocycles. The standard InChI is InChI=1S/C18H21NO2/c1-15-7-6-10-17(13-15)21-12-11-18(20)19(2)14-16-8-4-3-5-9-16/h3-10,13H,11-12,14H2,1-2H3. The van der Waals surface area contributed by atoms with Gasteiger partial charge in [0, 0.05) is 13.6 Å². The quantitative estimate of drug-likeness (QED) is 0.813. The van der Waals surface area contributed by atoms with Gasteiger partial charge in [-0.1, -0.05) is 42.5 Å². The number of hydrogen-bond donors (Lipinski definition) is 0. The Labute approximate surface area is 126 Å². The van der Waals surface area contributed by atoms with Crippen LogP contribution in [-0.2, 0) is 11.3 Å². The van der Waals surface area contributed by atoms with E-state index in [1.165, 1.54) is 0 Å². The molecule has 0 atom stereocenters. The number of nitrogens with zero attached hydrogens (tertiary/aromatic N) is 1. The molecule has 2 aromatic rings. The van der Waals surface area contributed by atoms with Gasteiger partial charge in [-0.25, -0.2) is 0 Å². The summed E-state index contributed by atoms with van der Waals surface area (Å²) in [6.07, 6.45) is 0.386. The lowest BCUT2D eigenvalue weighted by atomic mass is 10.2. The number of amides is 1. The Bertz CT molecular complexity index is 581. The number of ether oxygens (including phenoxy) is 1. The summed E-state index contributed by atoms with van der Waals surface area (Å²) in [5.74, 6) is 0.903. The smallest absolute Gasteiger partial charge is 0.226 e. The van der Waals surface area contributed by atoms with E-state index in [0.29, 0.717) is 19.6 Å². The molecule has 0 fully saturated rings. The third-order valence-electron chi connectivity index (χ3n) is 3.26. The number of carbonyl (C=O) groups excluding carboxylic acids is 1. The van der Waals surface area contributed by atoms with E-state index in [9.17, 15) is 4.79 Å². The van der Waals surface area contributed by atoms with Crippen molar-refractivity contribution >= 4 is 5.91 Å². The minimum Gasteiger partial charge on any atom is -0.493 e. The van der Waals surface area contributed by atoms with Crippen LogP contribution in [0.4, 0.5) is 0 Å². The Morgan fingerprint density at radius 1 is 1.10 bits per heavy atom. The Kier molecular flexibility index (Phi) is 5.38. The summed E-state index contributed by atoms with van der Waals surface area (Å²) >= 11 is 0. The molecule has 0 saturated carbocycles. The molecule has 0 spiro atoms. The Balaban J connectivity index is 1.76. The maximum Gasteiger partial charge on any atom is 0.226 e. The Morgan fingerprint density at radius 2 is 1.86 bits per heavy atom. The first kappa shape index (κ1) is 15.1. The lowest BCUT2D eigenvalue weighted by Crippen LogP contribution is -2.27. The molecule has 3 heteroatoms. The highest BCUT2D eigenvalue weighted by molar-refractivity contribution is 5.76. The van der Waals surface area contributed by atoms with Gasteiger partial charge in [0.25, 0.3) is 0 Å². The van der Waals surface area contributed by atoms with Crippen LogP contribution >= 0.6 is 0 Å². The normalized spacial score (nSPS) is 10.2. The van der Waals surface area contributed by atoms with E-state index < -0.39 is 0 Å². The fourth-order valence-electron chi connectivity index (χ4n) is 2.10. The lowest BCUT2D eigenvalue weighted by Gasteiger charge is -2.17. The molecule has 0 radical (unpaired) electrons. The van der Waals surface area contributed by atoms with Crippen LogP contribution in [-0.4, -0.2) is 24.5 Å². The zero-order valence-electron chi connectivity index (χ0n) is 12.6. The molecule has 2 rings (SSSR count). The van der Waals surface area contributed by atoms with E-state index in [1.54, 1.807) is 4.90 Å². The van der Waals surface area contributed by atoms with E-state index in [2.05, 4.69) is 0 Å². The summed E-state index contributed by atoms with van der Waals surface area (Å²) in [5, 5.41) is 0. The van der Waals surface area contributed by atoms with Crippen LogP contribution in [0.2, 0.25) is 0 Å². The maximum atomic E-state index is 12.1. The molecular weight excluding hydrogens is 262 g/mol. The molecule has 0 N–H and O–H groups in total. The molecular formula is C18H21NO2. The van der Waals surface area contributed by atoms with Gasteiger partial charge in [0.2, 0.25) is 5.91 Å². The van der Waals surface area contributed by atoms with Crippen molar-refractivity contribution in [2.24, 2.45) is 0 Å². The Morgan fingerprint density at radius 3 is 2.57 bits per heavy atom. The molecule has 0 aliphatic rings. The van der Waals surface area contributed by atoms with E-state index in [1.807, 2.05) is 68.6 Å². The zero-order valence-corrected chi connectivity index (χ0v) is 12.6. The summed E-state index contributed by atoms with van der Waals surface area (Å²) in [7, 11) is 1.82. The SMILES string of the molecule is Cc1cccc(OCCC(=O)N(C)Cc2ccccc2)c1. The van der Waals surface area contributed by atoms with Crippen LogP contribution in [0.1, 0.15) is 17.5 Å². The number of rotatable bonds is 6. The summed E-state index contributed by atoms with van der Waals surface area (Å²) in [4.78, 5) is 13.8. The van der Waals surface area contributed by atoms with Gasteiger partial charge in [0.15, 0.2) is 0 Å². The second kappa shape index (κ2) is 7.48. The fourth-order valence-corrected chi connectivity index (χ4v) is 2.10. The molecule has 0 aliphatic carbocycles. The highest BCUT2D eigenvalue weighted by Gasteiger charge is 2.09. The van der Waals surface area contributed by atoms with Crippen LogP contribution in [0, 0.1) is 6.92 Å². The van der Waals surface area contributed by atoms with Crippen LogP contribution in [0.25, 0.3) is 0 Å². The van der Waals surface area contributed by atoms with E-state index in [4.69, 9.17) is 4.74 Å². The molecule has 0 aliphatic heterocycles. The van der Waals surface area contributed by atoms with Crippen LogP contribution in [0.15, 0.2) is 54.6 Å². The monoisotopic (exact) mass is 283 g/mol. The van der Waals surface area contributed by atoms with Gasteiger partial charge in [-0.2, -0.15) is 0 Å². The molecule has 0 aromatic heterocycles. The first-order chi connectivity index (χ1) is 10.1. The number of carbonyl (C=O) groups is 1. The van der Waals surface area contributed by atoms with Crippen LogP contribution in [0.3, 0.4) is 0 Å². The Hall–Kier alpha value is -2.29. The van der Waals surface area contributed by atoms with Crippen LogP contribution in [0.5, 0.6) is 5.75 Å². The van der Waals surface area contributed by atoms with Gasteiger partial charge < -0.3 is 9.64 Å². The molecule has 0 bridgehead atoms. The molecule has 0 unspecified atom stereocenters. The fraction of sp³-hybridized carbons (Fsp3) is 0.278. The third kappa shape index (κ3) is 4.95. The molecule has 0 heterocycles. The average molecular weight is 283 g/mol. The maximum absolute atomic E-state index is 12.1. The number of benzene rings is 2. The highest BCUT2D eigenvalue weighted by Crippen LogP contribution is 2.12. The lowest BCUT2D eigenvalue weighted by molar-refractivity contribution is -0.130. The first-order valence-corrected chi connectivity index (χ1v) is 7.12. The third-order valence-corrected chi connectivity index (χ3v) is 3.26. The van der Waals surface area contributed by atoms with Crippen molar-refractivity contribution in [3.8, 4) is 5.75 Å². The summed E-state index contributed by atoms with van der Waals surface area (Å²) in [5.41, 5.74) is 2.29. The largest absolute Gasteiger partial charge is 0.493 e. The minimum absolute atomic E-state index is 0.0894. The second-order valence-electron chi connectivity index (χ2n) is 5.15. The number of hydrogen-bond acceptors (Lipinski definition) is 2. The van der Waals surface area contributed by atoms with Gasteiger partial charge in [0.05, 0.1) is 13.0 Å². The van der Waals surface area contributed by atoms with Crippen molar-refractivity contribution in [2.75, 3.05) is 13.7 Å². The van der Waals surface area contributed by atoms with Gasteiger partial charge in [-0.3, -0.25) is 4.79 Å². The number of aryl methyl sites for hydroxylation is 1. The summed E-state index contributed by atoms with van der Waals surface area (Å²) in [6.45, 7) is 3.05. The van der Waals surface area contributed by atoms with Crippen molar-refractivity contribution in [2.45, 2.75) is 19.9 Å². The average Bonchev–Trinajstić information content (AvgIpc) is 2.48. The van der Waals surface area contributed by atoms with Crippen molar-refractivity contribution in [3.05, 3.63) is 65.7 Å². The minimum atomic E-state index is 0.0894. The highest BCUT2D eigenvalue weighted by atomic mass is 16.5. The summed E-state index contributed by atoms with van der Waals surface area (Å²) < 4.78 is 5.61. The van der Waals surface area contributed by atoms with Gasteiger partial charge in [0.1, 0.15) is 5.75 Å². The topological polar surface area (TPSA) is 29.5 Å². The molecule has 1 amide bonds. The first-order valence-electron chi connectivity index (χ1n) is 7.12. The van der Waals surface area contributed by atoms with Gasteiger partial charge in [-0.05, 0) is 30.2 Å². The van der Waals surface area contributed by atoms with Gasteiger partial charge in [-0.15, -0.1) is 0 Å². The van der Waals surface area contributed by atoms with Crippen molar-refractivity contribution in [1.82, 2.24) is 4.90 Å². The zero-order chi connectivity index (χ0) is 15.1. The van der Waals surface area contributed by atoms with Crippen LogP contribution < -0.4 is 4.74 Å². The molecule has 3 nitrogen and oxygen atoms in total. The predicted octanol–water partition coefficient (Wildman–Crippen LogP) is 3.42. The molecule has 110 valence electrons. The molecule has 0 saturated heterocycles. The second-order valence-corrected chi connectivity index (χ2v) is 5.15. The van der Waals surface area contributed by atoms with Crippen molar-refractivity contribution in [3.63, 3.8) is 0 Å². The predicted molar refractivity (Wildman–Crippen MR) is 84.2 cm³/mol. The molecule has 21 heavy (non-hydrogen) atoms.